The van der Waals surface area contributed by atoms with Crippen LogP contribution >= 0.6 is 0 Å². The van der Waals surface area contributed by atoms with Crippen molar-refractivity contribution in [1.82, 2.24) is 5.32 Å². The molecule has 1 N–H and O–H groups in total. The van der Waals surface area contributed by atoms with Crippen LogP contribution in [-0.2, 0) is 0 Å². The highest BCUT2D eigenvalue weighted by Crippen LogP contribution is 2.08. The molecule has 0 aliphatic heterocycles. The number of hydrogen-bond donors (Lipinski definition) is 1. The first kappa shape index (κ1) is 11.8. The van der Waals surface area contributed by atoms with E-state index < -0.39 is 0 Å². The lowest BCUT2D eigenvalue weighted by molar-refractivity contribution is 0.0951. The van der Waals surface area contributed by atoms with Gasteiger partial charge in [0, 0.05) is 6.54 Å². The second-order valence-corrected chi connectivity index (χ2v) is 4.18. The van der Waals surface area contributed by atoms with Crippen molar-refractivity contribution in [3.05, 3.63) is 23.7 Å². The summed E-state index contributed by atoms with van der Waals surface area (Å²) in [5.41, 5.74) is 0.638. The van der Waals surface area contributed by atoms with E-state index in [0.717, 1.165) is 19.4 Å². The van der Waals surface area contributed by atoms with Gasteiger partial charge in [0.05, 0.1) is 11.8 Å². The van der Waals surface area contributed by atoms with Crippen LogP contribution in [0.3, 0.4) is 0 Å². The zero-order valence-corrected chi connectivity index (χ0v) is 9.67. The van der Waals surface area contributed by atoms with Crippen LogP contribution in [-0.4, -0.2) is 12.5 Å². The third-order valence-electron chi connectivity index (χ3n) is 2.35. The monoisotopic (exact) mass is 209 g/mol. The maximum Gasteiger partial charge on any atom is 0.254 e. The van der Waals surface area contributed by atoms with Gasteiger partial charge in [-0.3, -0.25) is 4.79 Å². The molecule has 0 fully saturated rings. The predicted molar refractivity (Wildman–Crippen MR) is 59.9 cm³/mol. The fraction of sp³-hybridized carbons (Fsp3) is 0.583. The van der Waals surface area contributed by atoms with Gasteiger partial charge in [-0.05, 0) is 31.7 Å². The Balaban J connectivity index is 2.28. The van der Waals surface area contributed by atoms with Crippen molar-refractivity contribution in [3.8, 4) is 0 Å². The van der Waals surface area contributed by atoms with Crippen LogP contribution in [0.4, 0.5) is 0 Å². The average Bonchev–Trinajstić information content (AvgIpc) is 2.58. The largest absolute Gasteiger partial charge is 0.469 e. The minimum Gasteiger partial charge on any atom is -0.469 e. The number of rotatable bonds is 5. The van der Waals surface area contributed by atoms with E-state index in [2.05, 4.69) is 19.2 Å². The number of carbonyl (C=O) groups excluding carboxylic acids is 1. The fourth-order valence-corrected chi connectivity index (χ4v) is 1.43. The number of amides is 1. The molecule has 1 aromatic rings. The van der Waals surface area contributed by atoms with Crippen LogP contribution in [0, 0.1) is 12.8 Å². The van der Waals surface area contributed by atoms with Crippen LogP contribution in [0.2, 0.25) is 0 Å². The third-order valence-corrected chi connectivity index (χ3v) is 2.35. The van der Waals surface area contributed by atoms with Crippen LogP contribution in [0.5, 0.6) is 0 Å². The van der Waals surface area contributed by atoms with Crippen LogP contribution < -0.4 is 5.32 Å². The molecule has 1 aromatic heterocycles. The highest BCUT2D eigenvalue weighted by atomic mass is 16.3. The van der Waals surface area contributed by atoms with Gasteiger partial charge in [-0.2, -0.15) is 0 Å². The molecule has 0 atom stereocenters. The molecule has 0 saturated carbocycles. The smallest absolute Gasteiger partial charge is 0.254 e. The molecule has 1 rings (SSSR count). The molecular formula is C12H19NO2. The van der Waals surface area contributed by atoms with Gasteiger partial charge in [0.2, 0.25) is 0 Å². The van der Waals surface area contributed by atoms with E-state index in [-0.39, 0.29) is 5.91 Å². The average molecular weight is 209 g/mol. The van der Waals surface area contributed by atoms with Crippen molar-refractivity contribution < 1.29 is 9.21 Å². The van der Waals surface area contributed by atoms with E-state index in [1.165, 1.54) is 0 Å². The van der Waals surface area contributed by atoms with Crippen LogP contribution in [0.15, 0.2) is 16.7 Å². The maximum atomic E-state index is 11.6. The van der Waals surface area contributed by atoms with Crippen molar-refractivity contribution >= 4 is 5.91 Å². The third kappa shape index (κ3) is 3.78. The van der Waals surface area contributed by atoms with E-state index >= 15 is 0 Å². The number of carbonyl (C=O) groups is 1. The molecule has 0 radical (unpaired) electrons. The van der Waals surface area contributed by atoms with Gasteiger partial charge in [-0.25, -0.2) is 0 Å². The minimum absolute atomic E-state index is 0.0370. The standard InChI is InChI=1S/C12H19NO2/c1-9(2)5-4-7-13-12(14)11-6-8-15-10(11)3/h6,8-9H,4-5,7H2,1-3H3,(H,13,14). The molecule has 0 aliphatic rings. The molecule has 0 unspecified atom stereocenters. The SMILES string of the molecule is Cc1occc1C(=O)NCCCC(C)C. The molecular weight excluding hydrogens is 190 g/mol. The molecule has 0 saturated heterocycles. The van der Waals surface area contributed by atoms with Crippen molar-refractivity contribution in [3.63, 3.8) is 0 Å². The first-order valence-corrected chi connectivity index (χ1v) is 5.43. The normalized spacial score (nSPS) is 10.7. The van der Waals surface area contributed by atoms with Gasteiger partial charge in [0.15, 0.2) is 0 Å². The van der Waals surface area contributed by atoms with Crippen molar-refractivity contribution in [2.24, 2.45) is 5.92 Å². The summed E-state index contributed by atoms with van der Waals surface area (Å²) < 4.78 is 5.07. The number of furan rings is 1. The van der Waals surface area contributed by atoms with Gasteiger partial charge in [-0.1, -0.05) is 13.8 Å². The van der Waals surface area contributed by atoms with Crippen LogP contribution in [0.25, 0.3) is 0 Å². The van der Waals surface area contributed by atoms with Gasteiger partial charge < -0.3 is 9.73 Å². The van der Waals surface area contributed by atoms with E-state index in [0.29, 0.717) is 17.2 Å². The van der Waals surface area contributed by atoms with Gasteiger partial charge >= 0.3 is 0 Å². The first-order chi connectivity index (χ1) is 7.11. The summed E-state index contributed by atoms with van der Waals surface area (Å²) in [5.74, 6) is 1.33. The first-order valence-electron chi connectivity index (χ1n) is 5.43. The Morgan fingerprint density at radius 3 is 2.80 bits per heavy atom. The molecule has 0 aromatic carbocycles. The summed E-state index contributed by atoms with van der Waals surface area (Å²) in [6.07, 6.45) is 3.71. The second-order valence-electron chi connectivity index (χ2n) is 4.18. The van der Waals surface area contributed by atoms with Gasteiger partial charge in [-0.15, -0.1) is 0 Å². The van der Waals surface area contributed by atoms with Crippen molar-refractivity contribution in [1.29, 1.82) is 0 Å². The molecule has 84 valence electrons. The summed E-state index contributed by atoms with van der Waals surface area (Å²) in [5, 5.41) is 2.88. The Kier molecular flexibility index (Phi) is 4.40. The highest BCUT2D eigenvalue weighted by molar-refractivity contribution is 5.94. The molecule has 1 amide bonds. The molecule has 0 aliphatic carbocycles. The maximum absolute atomic E-state index is 11.6. The predicted octanol–water partition coefficient (Wildman–Crippen LogP) is 2.75. The summed E-state index contributed by atoms with van der Waals surface area (Å²) in [6, 6.07) is 1.70. The number of hydrogen-bond acceptors (Lipinski definition) is 2. The summed E-state index contributed by atoms with van der Waals surface area (Å²) in [4.78, 5) is 11.6. The van der Waals surface area contributed by atoms with E-state index in [1.807, 2.05) is 0 Å². The lowest BCUT2D eigenvalue weighted by atomic mass is 10.1. The summed E-state index contributed by atoms with van der Waals surface area (Å²) in [6.45, 7) is 6.90. The van der Waals surface area contributed by atoms with Gasteiger partial charge in [0.25, 0.3) is 5.91 Å². The Hall–Kier alpha value is -1.25. The van der Waals surface area contributed by atoms with Crippen molar-refractivity contribution in [2.45, 2.75) is 33.6 Å². The lowest BCUT2D eigenvalue weighted by Crippen LogP contribution is -2.24. The van der Waals surface area contributed by atoms with Crippen molar-refractivity contribution in [2.75, 3.05) is 6.54 Å². The molecule has 15 heavy (non-hydrogen) atoms. The quantitative estimate of drug-likeness (QED) is 0.758. The Morgan fingerprint density at radius 2 is 2.27 bits per heavy atom. The Labute approximate surface area is 90.9 Å². The zero-order valence-electron chi connectivity index (χ0n) is 9.67. The lowest BCUT2D eigenvalue weighted by Gasteiger charge is -2.06. The molecule has 3 nitrogen and oxygen atoms in total. The summed E-state index contributed by atoms with van der Waals surface area (Å²) >= 11 is 0. The van der Waals surface area contributed by atoms with E-state index in [4.69, 9.17) is 4.42 Å². The van der Waals surface area contributed by atoms with E-state index in [1.54, 1.807) is 19.3 Å². The molecule has 0 spiro atoms. The van der Waals surface area contributed by atoms with E-state index in [9.17, 15) is 4.79 Å². The highest BCUT2D eigenvalue weighted by Gasteiger charge is 2.09. The molecule has 3 heteroatoms. The Morgan fingerprint density at radius 1 is 1.53 bits per heavy atom. The summed E-state index contributed by atoms with van der Waals surface area (Å²) in [7, 11) is 0. The van der Waals surface area contributed by atoms with Crippen LogP contribution in [0.1, 0.15) is 42.8 Å². The number of nitrogens with one attached hydrogen (secondary N) is 1. The molecule has 1 heterocycles. The zero-order chi connectivity index (χ0) is 11.3. The molecule has 0 bridgehead atoms. The van der Waals surface area contributed by atoms with Gasteiger partial charge in [0.1, 0.15) is 5.76 Å². The second kappa shape index (κ2) is 5.59. The minimum atomic E-state index is -0.0370. The number of aryl methyl sites for hydroxylation is 1. The Bertz CT molecular complexity index is 315. The topological polar surface area (TPSA) is 42.2 Å². The fourth-order valence-electron chi connectivity index (χ4n) is 1.43.